The van der Waals surface area contributed by atoms with E-state index in [0.717, 1.165) is 46.9 Å². The van der Waals surface area contributed by atoms with Crippen molar-refractivity contribution in [2.75, 3.05) is 50.2 Å². The Morgan fingerprint density at radius 1 is 1.26 bits per heavy atom. The summed E-state index contributed by atoms with van der Waals surface area (Å²) in [7, 11) is 3.56. The summed E-state index contributed by atoms with van der Waals surface area (Å²) in [5.41, 5.74) is 1.39. The fourth-order valence-corrected chi connectivity index (χ4v) is 4.47. The first kappa shape index (κ1) is 22.7. The molecule has 4 heterocycles. The molecule has 10 nitrogen and oxygen atoms in total. The predicted octanol–water partition coefficient (Wildman–Crippen LogP) is 2.77. The number of ether oxygens (including phenoxy) is 4. The maximum atomic E-state index is 6.37. The van der Waals surface area contributed by atoms with Crippen LogP contribution < -0.4 is 19.7 Å². The highest BCUT2D eigenvalue weighted by molar-refractivity contribution is 5.88. The van der Waals surface area contributed by atoms with Crippen molar-refractivity contribution in [1.82, 2.24) is 19.7 Å². The zero-order valence-corrected chi connectivity index (χ0v) is 20.2. The average molecular weight is 469 g/mol. The number of aromatic nitrogens is 4. The molecule has 10 heteroatoms. The standard InChI is InChI=1S/C24H32N6O4/c1-24(2)15-30(13-16-11-17(31-4)5-6-20(16)34-24)22-19-12-26-29(3)21(19)27-23(28-22)25-8-10-33-18-7-9-32-14-18/h5-6,11-12,18H,7-10,13-15H2,1-4H3,(H,25,27,28). The molecule has 34 heavy (non-hydrogen) atoms. The van der Waals surface area contributed by atoms with Crippen LogP contribution in [0.4, 0.5) is 11.8 Å². The van der Waals surface area contributed by atoms with Crippen LogP contribution in [0.15, 0.2) is 24.4 Å². The molecule has 2 aliphatic rings. The van der Waals surface area contributed by atoms with Gasteiger partial charge in [-0.2, -0.15) is 15.1 Å². The third-order valence-corrected chi connectivity index (χ3v) is 6.08. The first-order chi connectivity index (χ1) is 16.4. The Labute approximate surface area is 199 Å². The Morgan fingerprint density at radius 2 is 2.15 bits per heavy atom. The molecule has 0 saturated carbocycles. The number of aryl methyl sites for hydroxylation is 1. The third-order valence-electron chi connectivity index (χ3n) is 6.08. The molecule has 3 aromatic rings. The maximum Gasteiger partial charge on any atom is 0.226 e. The van der Waals surface area contributed by atoms with Crippen molar-refractivity contribution in [1.29, 1.82) is 0 Å². The molecule has 2 aliphatic heterocycles. The van der Waals surface area contributed by atoms with Gasteiger partial charge in [0.1, 0.15) is 22.9 Å². The minimum atomic E-state index is -0.426. The van der Waals surface area contributed by atoms with Crippen LogP contribution in [0.1, 0.15) is 25.8 Å². The van der Waals surface area contributed by atoms with E-state index in [2.05, 4.69) is 29.2 Å². The number of nitrogens with one attached hydrogen (secondary N) is 1. The highest BCUT2D eigenvalue weighted by Crippen LogP contribution is 2.35. The lowest BCUT2D eigenvalue weighted by Crippen LogP contribution is -2.41. The van der Waals surface area contributed by atoms with Crippen molar-refractivity contribution in [3.8, 4) is 11.5 Å². The number of anilines is 2. The van der Waals surface area contributed by atoms with Crippen LogP contribution in [0.2, 0.25) is 0 Å². The van der Waals surface area contributed by atoms with Crippen molar-refractivity contribution >= 4 is 22.8 Å². The fourth-order valence-electron chi connectivity index (χ4n) is 4.47. The lowest BCUT2D eigenvalue weighted by Gasteiger charge is -2.30. The number of hydrogen-bond donors (Lipinski definition) is 1. The summed E-state index contributed by atoms with van der Waals surface area (Å²) in [6.07, 6.45) is 2.94. The zero-order valence-electron chi connectivity index (χ0n) is 20.2. The Kier molecular flexibility index (Phi) is 6.18. The van der Waals surface area contributed by atoms with E-state index in [1.165, 1.54) is 0 Å². The predicted molar refractivity (Wildman–Crippen MR) is 129 cm³/mol. The molecule has 0 bridgehead atoms. The van der Waals surface area contributed by atoms with E-state index in [1.807, 2.05) is 31.4 Å². The lowest BCUT2D eigenvalue weighted by molar-refractivity contribution is 0.0488. The molecule has 182 valence electrons. The molecule has 1 unspecified atom stereocenters. The van der Waals surface area contributed by atoms with Crippen LogP contribution in [0.3, 0.4) is 0 Å². The molecule has 1 atom stereocenters. The normalized spacial score (nSPS) is 19.5. The Hall–Kier alpha value is -3.11. The second kappa shape index (κ2) is 9.27. The van der Waals surface area contributed by atoms with E-state index in [-0.39, 0.29) is 6.10 Å². The van der Waals surface area contributed by atoms with Crippen LogP contribution in [0, 0.1) is 0 Å². The molecule has 0 aliphatic carbocycles. The van der Waals surface area contributed by atoms with Crippen molar-refractivity contribution in [2.45, 2.75) is 38.5 Å². The molecular weight excluding hydrogens is 436 g/mol. The highest BCUT2D eigenvalue weighted by atomic mass is 16.5. The number of hydrogen-bond acceptors (Lipinski definition) is 9. The van der Waals surface area contributed by atoms with Gasteiger partial charge in [0, 0.05) is 32.3 Å². The second-order valence-electron chi connectivity index (χ2n) is 9.35. The first-order valence-electron chi connectivity index (χ1n) is 11.7. The van der Waals surface area contributed by atoms with Gasteiger partial charge in [0.25, 0.3) is 0 Å². The summed E-state index contributed by atoms with van der Waals surface area (Å²) in [5, 5.41) is 8.66. The second-order valence-corrected chi connectivity index (χ2v) is 9.35. The highest BCUT2D eigenvalue weighted by Gasteiger charge is 2.31. The van der Waals surface area contributed by atoms with Crippen LogP contribution in [0.5, 0.6) is 11.5 Å². The average Bonchev–Trinajstić information content (AvgIpc) is 3.43. The van der Waals surface area contributed by atoms with Gasteiger partial charge in [0.2, 0.25) is 5.95 Å². The van der Waals surface area contributed by atoms with Gasteiger partial charge in [-0.15, -0.1) is 0 Å². The minimum absolute atomic E-state index is 0.175. The quantitative estimate of drug-likeness (QED) is 0.525. The van der Waals surface area contributed by atoms with Gasteiger partial charge in [0.15, 0.2) is 5.65 Å². The molecule has 0 radical (unpaired) electrons. The maximum absolute atomic E-state index is 6.37. The summed E-state index contributed by atoms with van der Waals surface area (Å²) < 4.78 is 24.8. The van der Waals surface area contributed by atoms with Crippen LogP contribution in [-0.4, -0.2) is 71.5 Å². The molecule has 1 saturated heterocycles. The smallest absolute Gasteiger partial charge is 0.226 e. The SMILES string of the molecule is COc1ccc2c(c1)CN(c1nc(NCCOC3CCOC3)nc3c1cnn3C)CC(C)(C)O2. The molecular formula is C24H32N6O4. The summed E-state index contributed by atoms with van der Waals surface area (Å²) in [6.45, 7) is 8.06. The van der Waals surface area contributed by atoms with Crippen LogP contribution in [-0.2, 0) is 23.1 Å². The van der Waals surface area contributed by atoms with Crippen molar-refractivity contribution in [3.05, 3.63) is 30.0 Å². The van der Waals surface area contributed by atoms with E-state index >= 15 is 0 Å². The zero-order chi connectivity index (χ0) is 23.7. The largest absolute Gasteiger partial charge is 0.497 e. The Morgan fingerprint density at radius 3 is 2.94 bits per heavy atom. The lowest BCUT2D eigenvalue weighted by atomic mass is 10.1. The minimum Gasteiger partial charge on any atom is -0.497 e. The van der Waals surface area contributed by atoms with Gasteiger partial charge in [-0.1, -0.05) is 0 Å². The van der Waals surface area contributed by atoms with Crippen LogP contribution >= 0.6 is 0 Å². The summed E-state index contributed by atoms with van der Waals surface area (Å²) in [5.74, 6) is 3.02. The molecule has 2 aromatic heterocycles. The van der Waals surface area contributed by atoms with E-state index in [4.69, 9.17) is 28.9 Å². The Bertz CT molecular complexity index is 1160. The van der Waals surface area contributed by atoms with E-state index in [9.17, 15) is 0 Å². The molecule has 1 N–H and O–H groups in total. The van der Waals surface area contributed by atoms with Gasteiger partial charge < -0.3 is 29.2 Å². The molecule has 0 spiro atoms. The number of nitrogens with zero attached hydrogens (tertiary/aromatic N) is 5. The van der Waals surface area contributed by atoms with Crippen molar-refractivity contribution < 1.29 is 18.9 Å². The summed E-state index contributed by atoms with van der Waals surface area (Å²) in [4.78, 5) is 11.9. The molecule has 1 aromatic carbocycles. The fraction of sp³-hybridized carbons (Fsp3) is 0.542. The molecule has 0 amide bonds. The van der Waals surface area contributed by atoms with E-state index in [0.29, 0.717) is 38.8 Å². The summed E-state index contributed by atoms with van der Waals surface area (Å²) in [6, 6.07) is 5.92. The van der Waals surface area contributed by atoms with Gasteiger partial charge in [-0.05, 0) is 38.5 Å². The van der Waals surface area contributed by atoms with Gasteiger partial charge in [-0.3, -0.25) is 4.68 Å². The van der Waals surface area contributed by atoms with E-state index in [1.54, 1.807) is 11.8 Å². The van der Waals surface area contributed by atoms with Gasteiger partial charge >= 0.3 is 0 Å². The monoisotopic (exact) mass is 468 g/mol. The molecule has 1 fully saturated rings. The van der Waals surface area contributed by atoms with Crippen molar-refractivity contribution in [3.63, 3.8) is 0 Å². The Balaban J connectivity index is 1.43. The first-order valence-corrected chi connectivity index (χ1v) is 11.7. The number of methoxy groups -OCH3 is 1. The van der Waals surface area contributed by atoms with Crippen molar-refractivity contribution in [2.24, 2.45) is 7.05 Å². The number of fused-ring (bicyclic) bond motifs is 2. The summed E-state index contributed by atoms with van der Waals surface area (Å²) >= 11 is 0. The number of rotatable bonds is 7. The topological polar surface area (TPSA) is 95.8 Å². The number of benzene rings is 1. The van der Waals surface area contributed by atoms with E-state index < -0.39 is 5.60 Å². The third kappa shape index (κ3) is 4.74. The van der Waals surface area contributed by atoms with Gasteiger partial charge in [0.05, 0.1) is 44.6 Å². The van der Waals surface area contributed by atoms with Crippen LogP contribution in [0.25, 0.3) is 11.0 Å². The molecule has 5 rings (SSSR count). The van der Waals surface area contributed by atoms with Gasteiger partial charge in [-0.25, -0.2) is 0 Å².